The summed E-state index contributed by atoms with van der Waals surface area (Å²) in [5.41, 5.74) is 6.37. The fraction of sp³-hybridized carbons (Fsp3) is 0.115. The molecule has 134 valence electrons. The molecule has 28 heavy (non-hydrogen) atoms. The first-order valence-electron chi connectivity index (χ1n) is 9.81. The lowest BCUT2D eigenvalue weighted by molar-refractivity contribution is 0.913. The number of benzene rings is 4. The van der Waals surface area contributed by atoms with Crippen molar-refractivity contribution < 1.29 is 0 Å². The maximum absolute atomic E-state index is 5.18. The zero-order valence-corrected chi connectivity index (χ0v) is 17.0. The summed E-state index contributed by atoms with van der Waals surface area (Å²) in [4.78, 5) is 5.18. The Labute approximate surface area is 172 Å². The molecular weight excluding hydrogens is 406 g/mol. The van der Waals surface area contributed by atoms with Gasteiger partial charge in [0.15, 0.2) is 0 Å². The Kier molecular flexibility index (Phi) is 3.57. The number of nitrogens with zero attached hydrogens (tertiary/aromatic N) is 1. The number of halogens is 1. The van der Waals surface area contributed by atoms with Gasteiger partial charge in [0, 0.05) is 15.4 Å². The molecule has 1 aliphatic carbocycles. The summed E-state index contributed by atoms with van der Waals surface area (Å²) in [6.45, 7) is 0. The van der Waals surface area contributed by atoms with E-state index in [1.54, 1.807) is 0 Å². The van der Waals surface area contributed by atoms with Crippen LogP contribution in [0.3, 0.4) is 0 Å². The predicted octanol–water partition coefficient (Wildman–Crippen LogP) is 7.46. The molecule has 4 aromatic carbocycles. The van der Waals surface area contributed by atoms with E-state index in [0.29, 0.717) is 0 Å². The van der Waals surface area contributed by atoms with Gasteiger partial charge < -0.3 is 0 Å². The molecule has 1 aromatic heterocycles. The minimum absolute atomic E-state index is 1.11. The molecule has 0 N–H and O–H groups in total. The third-order valence-corrected chi connectivity index (χ3v) is 6.72. The molecular formula is C26H18BrN. The molecule has 0 amide bonds. The van der Waals surface area contributed by atoms with Gasteiger partial charge in [0.25, 0.3) is 0 Å². The van der Waals surface area contributed by atoms with Crippen LogP contribution in [0.1, 0.15) is 17.5 Å². The first-order chi connectivity index (χ1) is 13.8. The summed E-state index contributed by atoms with van der Waals surface area (Å²) >= 11 is 3.73. The fourth-order valence-corrected chi connectivity index (χ4v) is 5.23. The molecule has 5 aromatic rings. The van der Waals surface area contributed by atoms with Crippen molar-refractivity contribution in [1.82, 2.24) is 4.98 Å². The van der Waals surface area contributed by atoms with Crippen molar-refractivity contribution in [2.75, 3.05) is 0 Å². The molecule has 1 heterocycles. The van der Waals surface area contributed by atoms with Crippen molar-refractivity contribution in [3.05, 3.63) is 88.4 Å². The van der Waals surface area contributed by atoms with Gasteiger partial charge in [-0.3, -0.25) is 0 Å². The van der Waals surface area contributed by atoms with Crippen LogP contribution >= 0.6 is 15.9 Å². The smallest absolute Gasteiger partial charge is 0.0755 e. The van der Waals surface area contributed by atoms with E-state index in [2.05, 4.69) is 88.7 Å². The van der Waals surface area contributed by atoms with Crippen LogP contribution in [0.25, 0.3) is 43.7 Å². The lowest BCUT2D eigenvalue weighted by Crippen LogP contribution is -1.97. The third kappa shape index (κ3) is 2.34. The number of hydrogen-bond donors (Lipinski definition) is 0. The highest BCUT2D eigenvalue weighted by Crippen LogP contribution is 2.41. The van der Waals surface area contributed by atoms with Crippen LogP contribution in [0.15, 0.2) is 77.3 Å². The molecule has 1 aliphatic rings. The van der Waals surface area contributed by atoms with Gasteiger partial charge in [-0.05, 0) is 76.2 Å². The second-order valence-electron chi connectivity index (χ2n) is 7.63. The third-order valence-electron chi connectivity index (χ3n) is 6.03. The van der Waals surface area contributed by atoms with Gasteiger partial charge >= 0.3 is 0 Å². The van der Waals surface area contributed by atoms with Crippen molar-refractivity contribution in [2.45, 2.75) is 19.3 Å². The van der Waals surface area contributed by atoms with E-state index in [1.807, 2.05) is 0 Å². The van der Waals surface area contributed by atoms with Crippen molar-refractivity contribution in [1.29, 1.82) is 0 Å². The molecule has 0 saturated carbocycles. The van der Waals surface area contributed by atoms with E-state index in [9.17, 15) is 0 Å². The molecule has 0 atom stereocenters. The van der Waals surface area contributed by atoms with Gasteiger partial charge in [-0.2, -0.15) is 0 Å². The summed E-state index contributed by atoms with van der Waals surface area (Å²) in [7, 11) is 0. The van der Waals surface area contributed by atoms with Crippen molar-refractivity contribution in [3.8, 4) is 11.3 Å². The van der Waals surface area contributed by atoms with Crippen LogP contribution in [0.4, 0.5) is 0 Å². The van der Waals surface area contributed by atoms with Gasteiger partial charge in [-0.25, -0.2) is 4.98 Å². The highest BCUT2D eigenvalue weighted by atomic mass is 79.9. The van der Waals surface area contributed by atoms with Crippen molar-refractivity contribution >= 4 is 48.4 Å². The Hall–Kier alpha value is -2.71. The first kappa shape index (κ1) is 16.3. The summed E-state index contributed by atoms with van der Waals surface area (Å²) < 4.78 is 1.11. The van der Waals surface area contributed by atoms with E-state index in [-0.39, 0.29) is 0 Å². The SMILES string of the molecule is Brc1ccccc1-c1nc2ccc3cc4ccccc4cc3c2c2c1CCC2. The van der Waals surface area contributed by atoms with E-state index in [0.717, 1.165) is 28.5 Å². The van der Waals surface area contributed by atoms with E-state index < -0.39 is 0 Å². The number of fused-ring (bicyclic) bond motifs is 6. The molecule has 0 bridgehead atoms. The Bertz CT molecular complexity index is 1400. The summed E-state index contributed by atoms with van der Waals surface area (Å²) in [5.74, 6) is 0. The van der Waals surface area contributed by atoms with Crippen LogP contribution in [-0.2, 0) is 12.8 Å². The number of hydrogen-bond acceptors (Lipinski definition) is 1. The van der Waals surface area contributed by atoms with Crippen LogP contribution in [-0.4, -0.2) is 4.98 Å². The van der Waals surface area contributed by atoms with Crippen LogP contribution < -0.4 is 0 Å². The number of pyridine rings is 1. The maximum Gasteiger partial charge on any atom is 0.0755 e. The van der Waals surface area contributed by atoms with Gasteiger partial charge in [0.1, 0.15) is 0 Å². The average molecular weight is 424 g/mol. The minimum Gasteiger partial charge on any atom is -0.247 e. The predicted molar refractivity (Wildman–Crippen MR) is 122 cm³/mol. The molecule has 0 saturated heterocycles. The van der Waals surface area contributed by atoms with Gasteiger partial charge in [0.05, 0.1) is 11.2 Å². The van der Waals surface area contributed by atoms with Gasteiger partial charge in [-0.15, -0.1) is 0 Å². The fourth-order valence-electron chi connectivity index (χ4n) is 4.76. The molecule has 0 unspecified atom stereocenters. The molecule has 1 nitrogen and oxygen atoms in total. The largest absolute Gasteiger partial charge is 0.247 e. The van der Waals surface area contributed by atoms with Crippen molar-refractivity contribution in [3.63, 3.8) is 0 Å². The maximum atomic E-state index is 5.18. The van der Waals surface area contributed by atoms with Gasteiger partial charge in [-0.1, -0.05) is 64.5 Å². The number of aromatic nitrogens is 1. The topological polar surface area (TPSA) is 12.9 Å². The average Bonchev–Trinajstić information content (AvgIpc) is 3.22. The monoisotopic (exact) mass is 423 g/mol. The summed E-state index contributed by atoms with van der Waals surface area (Å²) in [5, 5.41) is 6.58. The van der Waals surface area contributed by atoms with Crippen LogP contribution in [0, 0.1) is 0 Å². The minimum atomic E-state index is 1.11. The van der Waals surface area contributed by atoms with Crippen LogP contribution in [0.5, 0.6) is 0 Å². The molecule has 0 fully saturated rings. The summed E-state index contributed by atoms with van der Waals surface area (Å²) in [6, 6.07) is 26.2. The summed E-state index contributed by atoms with van der Waals surface area (Å²) in [6.07, 6.45) is 3.45. The van der Waals surface area contributed by atoms with E-state index in [1.165, 1.54) is 50.0 Å². The normalized spacial score (nSPS) is 13.5. The van der Waals surface area contributed by atoms with Crippen molar-refractivity contribution in [2.24, 2.45) is 0 Å². The number of aryl methyl sites for hydroxylation is 1. The molecule has 2 heteroatoms. The van der Waals surface area contributed by atoms with Gasteiger partial charge in [0.2, 0.25) is 0 Å². The first-order valence-corrected chi connectivity index (χ1v) is 10.6. The Morgan fingerprint density at radius 1 is 0.714 bits per heavy atom. The van der Waals surface area contributed by atoms with E-state index >= 15 is 0 Å². The second kappa shape index (κ2) is 6.15. The zero-order valence-electron chi connectivity index (χ0n) is 15.4. The Morgan fingerprint density at radius 3 is 2.32 bits per heavy atom. The van der Waals surface area contributed by atoms with E-state index in [4.69, 9.17) is 4.98 Å². The molecule has 0 radical (unpaired) electrons. The standard InChI is InChI=1S/C26H18BrN/c27-23-11-4-3-8-21(23)26-20-10-5-9-19(20)25-22-15-17-7-2-1-6-16(17)14-18(22)12-13-24(25)28-26/h1-4,6-8,11-15H,5,9-10H2. The highest BCUT2D eigenvalue weighted by molar-refractivity contribution is 9.10. The number of rotatable bonds is 1. The quantitative estimate of drug-likeness (QED) is 0.201. The zero-order chi connectivity index (χ0) is 18.7. The Morgan fingerprint density at radius 2 is 1.46 bits per heavy atom. The van der Waals surface area contributed by atoms with Crippen LogP contribution in [0.2, 0.25) is 0 Å². The molecule has 0 aliphatic heterocycles. The Balaban J connectivity index is 1.75. The molecule has 6 rings (SSSR count). The molecule has 0 spiro atoms. The lowest BCUT2D eigenvalue weighted by Gasteiger charge is -2.15. The lowest BCUT2D eigenvalue weighted by atomic mass is 9.94. The second-order valence-corrected chi connectivity index (χ2v) is 8.49. The highest BCUT2D eigenvalue weighted by Gasteiger charge is 2.22.